The zero-order chi connectivity index (χ0) is 15.6. The molecule has 6 heteroatoms. The molecule has 0 spiro atoms. The predicted octanol–water partition coefficient (Wildman–Crippen LogP) is 3.94. The van der Waals surface area contributed by atoms with Gasteiger partial charge in [-0.3, -0.25) is 0 Å². The zero-order valence-electron chi connectivity index (χ0n) is 11.9. The molecule has 0 amide bonds. The maximum atomic E-state index is 12.9. The van der Waals surface area contributed by atoms with Crippen molar-refractivity contribution < 1.29 is 17.9 Å². The molecular formula is C15H17F3N2O. The SMILES string of the molecule is CC1CC(Nc2ccc(C#N)c(C(F)(F)F)c2)CC(C)O1. The van der Waals surface area contributed by atoms with Crippen molar-refractivity contribution in [1.29, 1.82) is 5.26 Å². The van der Waals surface area contributed by atoms with Crippen molar-refractivity contribution in [3.8, 4) is 6.07 Å². The standard InChI is InChI=1S/C15H17F3N2O/c1-9-5-13(6-10(2)21-9)20-12-4-3-11(8-19)14(7-12)15(16,17)18/h3-4,7,9-10,13,20H,5-6H2,1-2H3. The molecule has 1 aromatic rings. The van der Waals surface area contributed by atoms with Gasteiger partial charge in [0.05, 0.1) is 29.4 Å². The van der Waals surface area contributed by atoms with Crippen molar-refractivity contribution >= 4 is 5.69 Å². The Bertz CT molecular complexity index is 541. The van der Waals surface area contributed by atoms with Gasteiger partial charge in [-0.25, -0.2) is 0 Å². The van der Waals surface area contributed by atoms with Gasteiger partial charge in [0.2, 0.25) is 0 Å². The van der Waals surface area contributed by atoms with Crippen LogP contribution in [-0.2, 0) is 10.9 Å². The average Bonchev–Trinajstić information content (AvgIpc) is 2.36. The molecule has 21 heavy (non-hydrogen) atoms. The van der Waals surface area contributed by atoms with E-state index < -0.39 is 11.7 Å². The van der Waals surface area contributed by atoms with Crippen molar-refractivity contribution in [2.24, 2.45) is 0 Å². The maximum Gasteiger partial charge on any atom is 0.417 e. The first-order chi connectivity index (χ1) is 9.79. The van der Waals surface area contributed by atoms with Crippen LogP contribution in [0.5, 0.6) is 0 Å². The quantitative estimate of drug-likeness (QED) is 0.899. The minimum absolute atomic E-state index is 0.0674. The van der Waals surface area contributed by atoms with Crippen LogP contribution in [-0.4, -0.2) is 18.2 Å². The molecule has 0 saturated carbocycles. The number of anilines is 1. The van der Waals surface area contributed by atoms with Gasteiger partial charge in [0.15, 0.2) is 0 Å². The third-order valence-corrected chi connectivity index (χ3v) is 3.51. The van der Waals surface area contributed by atoms with Gasteiger partial charge in [-0.2, -0.15) is 18.4 Å². The summed E-state index contributed by atoms with van der Waals surface area (Å²) in [5.74, 6) is 0. The summed E-state index contributed by atoms with van der Waals surface area (Å²) in [4.78, 5) is 0. The van der Waals surface area contributed by atoms with E-state index in [0.717, 1.165) is 18.9 Å². The summed E-state index contributed by atoms with van der Waals surface area (Å²) in [5.41, 5.74) is -0.877. The normalized spacial score (nSPS) is 26.2. The first-order valence-electron chi connectivity index (χ1n) is 6.83. The lowest BCUT2D eigenvalue weighted by molar-refractivity contribution is -0.137. The minimum Gasteiger partial charge on any atom is -0.382 e. The van der Waals surface area contributed by atoms with Crippen LogP contribution >= 0.6 is 0 Å². The highest BCUT2D eigenvalue weighted by Gasteiger charge is 2.34. The fourth-order valence-electron chi connectivity index (χ4n) is 2.72. The molecule has 2 atom stereocenters. The van der Waals surface area contributed by atoms with Gasteiger partial charge in [-0.05, 0) is 44.9 Å². The number of halogens is 3. The fraction of sp³-hybridized carbons (Fsp3) is 0.533. The van der Waals surface area contributed by atoms with E-state index in [1.165, 1.54) is 12.1 Å². The smallest absolute Gasteiger partial charge is 0.382 e. The first kappa shape index (κ1) is 15.6. The highest BCUT2D eigenvalue weighted by Crippen LogP contribution is 2.34. The molecule has 114 valence electrons. The van der Waals surface area contributed by atoms with Crippen molar-refractivity contribution in [3.05, 3.63) is 29.3 Å². The number of hydrogen-bond acceptors (Lipinski definition) is 3. The van der Waals surface area contributed by atoms with Crippen molar-refractivity contribution in [2.75, 3.05) is 5.32 Å². The van der Waals surface area contributed by atoms with Gasteiger partial charge in [0, 0.05) is 11.7 Å². The van der Waals surface area contributed by atoms with Crippen LogP contribution in [0.15, 0.2) is 18.2 Å². The van der Waals surface area contributed by atoms with Crippen molar-refractivity contribution in [3.63, 3.8) is 0 Å². The minimum atomic E-state index is -4.53. The lowest BCUT2D eigenvalue weighted by Crippen LogP contribution is -2.36. The lowest BCUT2D eigenvalue weighted by Gasteiger charge is -2.33. The molecule has 1 aliphatic heterocycles. The third kappa shape index (κ3) is 3.88. The Kier molecular flexibility index (Phi) is 4.43. The fourth-order valence-corrected chi connectivity index (χ4v) is 2.72. The van der Waals surface area contributed by atoms with E-state index in [-0.39, 0.29) is 23.8 Å². The topological polar surface area (TPSA) is 45.0 Å². The van der Waals surface area contributed by atoms with Crippen LogP contribution in [0, 0.1) is 11.3 Å². The highest BCUT2D eigenvalue weighted by atomic mass is 19.4. The Morgan fingerprint density at radius 3 is 2.38 bits per heavy atom. The van der Waals surface area contributed by atoms with Crippen LogP contribution in [0.3, 0.4) is 0 Å². The number of hydrogen-bond donors (Lipinski definition) is 1. The molecule has 1 aromatic carbocycles. The maximum absolute atomic E-state index is 12.9. The lowest BCUT2D eigenvalue weighted by atomic mass is 9.99. The Morgan fingerprint density at radius 2 is 1.86 bits per heavy atom. The molecule has 0 radical (unpaired) electrons. The van der Waals surface area contributed by atoms with Crippen LogP contribution in [0.25, 0.3) is 0 Å². The molecule has 0 bridgehead atoms. The first-order valence-corrected chi connectivity index (χ1v) is 6.83. The molecular weight excluding hydrogens is 281 g/mol. The monoisotopic (exact) mass is 298 g/mol. The number of nitrogens with one attached hydrogen (secondary N) is 1. The number of alkyl halides is 3. The van der Waals surface area contributed by atoms with Crippen LogP contribution in [0.4, 0.5) is 18.9 Å². The second-order valence-corrected chi connectivity index (χ2v) is 5.44. The summed E-state index contributed by atoms with van der Waals surface area (Å²) in [6.07, 6.45) is -2.89. The van der Waals surface area contributed by atoms with Gasteiger partial charge < -0.3 is 10.1 Å². The van der Waals surface area contributed by atoms with Gasteiger partial charge in [0.1, 0.15) is 0 Å². The predicted molar refractivity (Wildman–Crippen MR) is 72.8 cm³/mol. The Balaban J connectivity index is 2.20. The number of nitrogens with zero attached hydrogens (tertiary/aromatic N) is 1. The molecule has 0 aliphatic carbocycles. The largest absolute Gasteiger partial charge is 0.417 e. The van der Waals surface area contributed by atoms with E-state index >= 15 is 0 Å². The molecule has 2 rings (SSSR count). The van der Waals surface area contributed by atoms with Gasteiger partial charge >= 0.3 is 6.18 Å². The van der Waals surface area contributed by atoms with Crippen molar-refractivity contribution in [2.45, 2.75) is 51.1 Å². The molecule has 0 aromatic heterocycles. The van der Waals surface area contributed by atoms with E-state index in [4.69, 9.17) is 10.00 Å². The average molecular weight is 298 g/mol. The Morgan fingerprint density at radius 1 is 1.24 bits per heavy atom. The molecule has 1 saturated heterocycles. The summed E-state index contributed by atoms with van der Waals surface area (Å²) < 4.78 is 44.4. The van der Waals surface area contributed by atoms with Crippen LogP contribution in [0.1, 0.15) is 37.8 Å². The number of ether oxygens (including phenoxy) is 1. The van der Waals surface area contributed by atoms with Crippen LogP contribution in [0.2, 0.25) is 0 Å². The second-order valence-electron chi connectivity index (χ2n) is 5.44. The number of nitriles is 1. The molecule has 1 N–H and O–H groups in total. The highest BCUT2D eigenvalue weighted by molar-refractivity contribution is 5.53. The van der Waals surface area contributed by atoms with E-state index in [1.54, 1.807) is 6.07 Å². The summed E-state index contributed by atoms with van der Waals surface area (Å²) >= 11 is 0. The molecule has 3 nitrogen and oxygen atoms in total. The molecule has 1 aliphatic rings. The van der Waals surface area contributed by atoms with Crippen LogP contribution < -0.4 is 5.32 Å². The third-order valence-electron chi connectivity index (χ3n) is 3.51. The van der Waals surface area contributed by atoms with E-state index in [2.05, 4.69) is 5.32 Å². The van der Waals surface area contributed by atoms with E-state index in [0.29, 0.717) is 5.69 Å². The Hall–Kier alpha value is -1.74. The van der Waals surface area contributed by atoms with Gasteiger partial charge in [0.25, 0.3) is 0 Å². The second kappa shape index (κ2) is 5.94. The molecule has 1 fully saturated rings. The summed E-state index contributed by atoms with van der Waals surface area (Å²) in [7, 11) is 0. The van der Waals surface area contributed by atoms with Gasteiger partial charge in [-0.1, -0.05) is 0 Å². The number of rotatable bonds is 2. The molecule has 2 unspecified atom stereocenters. The summed E-state index contributed by atoms with van der Waals surface area (Å²) in [6.45, 7) is 3.90. The Labute approximate surface area is 121 Å². The molecule has 1 heterocycles. The summed E-state index contributed by atoms with van der Waals surface area (Å²) in [5, 5.41) is 11.9. The van der Waals surface area contributed by atoms with Gasteiger partial charge in [-0.15, -0.1) is 0 Å². The zero-order valence-corrected chi connectivity index (χ0v) is 11.9. The number of benzene rings is 1. The van der Waals surface area contributed by atoms with Crippen molar-refractivity contribution in [1.82, 2.24) is 0 Å². The van der Waals surface area contributed by atoms with E-state index in [1.807, 2.05) is 13.8 Å². The van der Waals surface area contributed by atoms with E-state index in [9.17, 15) is 13.2 Å². The summed E-state index contributed by atoms with van der Waals surface area (Å²) in [6, 6.07) is 5.37.